The summed E-state index contributed by atoms with van der Waals surface area (Å²) in [6.07, 6.45) is 6.41. The number of likely N-dealkylation sites (tertiary alicyclic amines) is 1. The molecule has 1 saturated heterocycles. The minimum atomic E-state index is -3.27. The van der Waals surface area contributed by atoms with E-state index in [1.54, 1.807) is 25.1 Å². The standard InChI is InChI=1S/C20H26N2O4S/c1-2-27(24,25)16-8-9-18-17(12-16)21-19(26-18)15-10-11-22(13-15)20(23)14-6-4-3-5-7-14/h8-9,12,14-15H,2-7,10-11,13H2,1H3. The zero-order valence-electron chi connectivity index (χ0n) is 15.7. The molecule has 1 unspecified atom stereocenters. The Hall–Kier alpha value is -1.89. The molecule has 1 aromatic heterocycles. The number of rotatable bonds is 4. The normalized spacial score (nSPS) is 21.8. The number of hydrogen-bond acceptors (Lipinski definition) is 5. The van der Waals surface area contributed by atoms with E-state index in [9.17, 15) is 13.2 Å². The molecule has 2 aromatic rings. The van der Waals surface area contributed by atoms with Crippen molar-refractivity contribution < 1.29 is 17.6 Å². The fraction of sp³-hybridized carbons (Fsp3) is 0.600. The van der Waals surface area contributed by atoms with Crippen LogP contribution in [-0.4, -0.2) is 43.1 Å². The number of oxazole rings is 1. The highest BCUT2D eigenvalue weighted by Crippen LogP contribution is 2.33. The van der Waals surface area contributed by atoms with Gasteiger partial charge in [0.05, 0.1) is 16.6 Å². The molecule has 0 N–H and O–H groups in total. The number of fused-ring (bicyclic) bond motifs is 1. The molecular weight excluding hydrogens is 364 g/mol. The summed E-state index contributed by atoms with van der Waals surface area (Å²) in [5, 5.41) is 0. The third-order valence-corrected chi connectivity index (χ3v) is 7.65. The second-order valence-corrected chi connectivity index (χ2v) is 9.97. The Kier molecular flexibility index (Phi) is 4.97. The molecule has 1 amide bonds. The highest BCUT2D eigenvalue weighted by molar-refractivity contribution is 7.91. The smallest absolute Gasteiger partial charge is 0.225 e. The number of hydrogen-bond donors (Lipinski definition) is 0. The van der Waals surface area contributed by atoms with Crippen molar-refractivity contribution in [3.63, 3.8) is 0 Å². The number of nitrogens with zero attached hydrogens (tertiary/aromatic N) is 2. The van der Waals surface area contributed by atoms with Crippen LogP contribution in [0.25, 0.3) is 11.1 Å². The Morgan fingerprint density at radius 3 is 2.74 bits per heavy atom. The molecule has 1 atom stereocenters. The summed E-state index contributed by atoms with van der Waals surface area (Å²) in [5.74, 6) is 1.21. The highest BCUT2D eigenvalue weighted by atomic mass is 32.2. The Labute approximate surface area is 159 Å². The van der Waals surface area contributed by atoms with Crippen LogP contribution in [0.15, 0.2) is 27.5 Å². The lowest BCUT2D eigenvalue weighted by Gasteiger charge is -2.26. The highest BCUT2D eigenvalue weighted by Gasteiger charge is 2.34. The minimum Gasteiger partial charge on any atom is -0.440 e. The molecule has 7 heteroatoms. The van der Waals surface area contributed by atoms with Gasteiger partial charge >= 0.3 is 0 Å². The molecular formula is C20H26N2O4S. The first-order valence-electron chi connectivity index (χ1n) is 9.90. The van der Waals surface area contributed by atoms with E-state index in [2.05, 4.69) is 4.98 Å². The van der Waals surface area contributed by atoms with E-state index < -0.39 is 9.84 Å². The van der Waals surface area contributed by atoms with Crippen LogP contribution in [0.1, 0.15) is 57.3 Å². The summed E-state index contributed by atoms with van der Waals surface area (Å²) in [6, 6.07) is 4.83. The first-order chi connectivity index (χ1) is 13.0. The van der Waals surface area contributed by atoms with Gasteiger partial charge in [0.1, 0.15) is 5.52 Å². The van der Waals surface area contributed by atoms with E-state index in [1.165, 1.54) is 6.42 Å². The Balaban J connectivity index is 1.50. The summed E-state index contributed by atoms with van der Waals surface area (Å²) in [6.45, 7) is 3.01. The van der Waals surface area contributed by atoms with Gasteiger partial charge in [0.25, 0.3) is 0 Å². The molecule has 0 bridgehead atoms. The van der Waals surface area contributed by atoms with Crippen LogP contribution in [0, 0.1) is 5.92 Å². The van der Waals surface area contributed by atoms with E-state index in [0.717, 1.165) is 38.6 Å². The minimum absolute atomic E-state index is 0.0596. The lowest BCUT2D eigenvalue weighted by molar-refractivity contribution is -0.135. The van der Waals surface area contributed by atoms with Crippen molar-refractivity contribution in [1.82, 2.24) is 9.88 Å². The summed E-state index contributed by atoms with van der Waals surface area (Å²) in [5.41, 5.74) is 1.16. The van der Waals surface area contributed by atoms with E-state index in [1.807, 2.05) is 4.90 Å². The number of amides is 1. The lowest BCUT2D eigenvalue weighted by Crippen LogP contribution is -2.35. The van der Waals surface area contributed by atoms with Crippen LogP contribution in [0.4, 0.5) is 0 Å². The van der Waals surface area contributed by atoms with Crippen molar-refractivity contribution in [2.45, 2.75) is 56.3 Å². The van der Waals surface area contributed by atoms with E-state index >= 15 is 0 Å². The maximum absolute atomic E-state index is 12.7. The number of carbonyl (C=O) groups is 1. The van der Waals surface area contributed by atoms with Gasteiger partial charge in [-0.05, 0) is 37.5 Å². The zero-order chi connectivity index (χ0) is 19.0. The molecule has 1 aromatic carbocycles. The molecule has 0 radical (unpaired) electrons. The van der Waals surface area contributed by atoms with E-state index in [0.29, 0.717) is 23.5 Å². The van der Waals surface area contributed by atoms with Crippen molar-refractivity contribution in [2.75, 3.05) is 18.8 Å². The average molecular weight is 391 g/mol. The summed E-state index contributed by atoms with van der Waals surface area (Å²) in [4.78, 5) is 19.5. The Morgan fingerprint density at radius 1 is 1.22 bits per heavy atom. The molecule has 146 valence electrons. The number of aromatic nitrogens is 1. The van der Waals surface area contributed by atoms with Gasteiger partial charge in [0.15, 0.2) is 21.3 Å². The summed E-state index contributed by atoms with van der Waals surface area (Å²) < 4.78 is 30.0. The fourth-order valence-electron chi connectivity index (χ4n) is 4.23. The molecule has 2 fully saturated rings. The molecule has 1 saturated carbocycles. The monoisotopic (exact) mass is 390 g/mol. The molecule has 2 heterocycles. The lowest BCUT2D eigenvalue weighted by atomic mass is 9.88. The van der Waals surface area contributed by atoms with Crippen molar-refractivity contribution >= 4 is 26.8 Å². The predicted molar refractivity (Wildman–Crippen MR) is 102 cm³/mol. The second-order valence-electron chi connectivity index (χ2n) is 7.69. The topological polar surface area (TPSA) is 80.5 Å². The SMILES string of the molecule is CCS(=O)(=O)c1ccc2oc(C3CCN(C(=O)C4CCCCC4)C3)nc2c1. The van der Waals surface area contributed by atoms with Crippen LogP contribution in [-0.2, 0) is 14.6 Å². The molecule has 2 aliphatic rings. The van der Waals surface area contributed by atoms with Crippen molar-refractivity contribution in [3.05, 3.63) is 24.1 Å². The van der Waals surface area contributed by atoms with Gasteiger partial charge in [0, 0.05) is 19.0 Å². The maximum atomic E-state index is 12.7. The average Bonchev–Trinajstić information content (AvgIpc) is 3.34. The van der Waals surface area contributed by atoms with Gasteiger partial charge in [-0.2, -0.15) is 0 Å². The molecule has 0 spiro atoms. The second kappa shape index (κ2) is 7.26. The van der Waals surface area contributed by atoms with Crippen LogP contribution in [0.3, 0.4) is 0 Å². The van der Waals surface area contributed by atoms with Gasteiger partial charge in [0.2, 0.25) is 5.91 Å². The molecule has 1 aliphatic carbocycles. The van der Waals surface area contributed by atoms with Crippen LogP contribution in [0.5, 0.6) is 0 Å². The van der Waals surface area contributed by atoms with Crippen molar-refractivity contribution in [1.29, 1.82) is 0 Å². The van der Waals surface area contributed by atoms with Gasteiger partial charge in [-0.1, -0.05) is 26.2 Å². The quantitative estimate of drug-likeness (QED) is 0.798. The maximum Gasteiger partial charge on any atom is 0.225 e. The number of carbonyl (C=O) groups excluding carboxylic acids is 1. The van der Waals surface area contributed by atoms with Gasteiger partial charge < -0.3 is 9.32 Å². The van der Waals surface area contributed by atoms with Crippen LogP contribution < -0.4 is 0 Å². The van der Waals surface area contributed by atoms with Gasteiger partial charge in [-0.15, -0.1) is 0 Å². The third-order valence-electron chi connectivity index (χ3n) is 5.92. The molecule has 27 heavy (non-hydrogen) atoms. The van der Waals surface area contributed by atoms with Crippen LogP contribution >= 0.6 is 0 Å². The summed E-state index contributed by atoms with van der Waals surface area (Å²) >= 11 is 0. The molecule has 6 nitrogen and oxygen atoms in total. The van der Waals surface area contributed by atoms with Gasteiger partial charge in [-0.25, -0.2) is 13.4 Å². The van der Waals surface area contributed by atoms with Gasteiger partial charge in [-0.3, -0.25) is 4.79 Å². The number of sulfone groups is 1. The summed E-state index contributed by atoms with van der Waals surface area (Å²) in [7, 11) is -3.27. The molecule has 1 aliphatic heterocycles. The van der Waals surface area contributed by atoms with Crippen molar-refractivity contribution in [2.24, 2.45) is 5.92 Å². The predicted octanol–water partition coefficient (Wildman–Crippen LogP) is 3.52. The first-order valence-corrected chi connectivity index (χ1v) is 11.5. The van der Waals surface area contributed by atoms with Crippen molar-refractivity contribution in [3.8, 4) is 0 Å². The van der Waals surface area contributed by atoms with Crippen LogP contribution in [0.2, 0.25) is 0 Å². The largest absolute Gasteiger partial charge is 0.440 e. The third kappa shape index (κ3) is 3.61. The fourth-order valence-corrected chi connectivity index (χ4v) is 5.13. The Morgan fingerprint density at radius 2 is 2.00 bits per heavy atom. The van der Waals surface area contributed by atoms with E-state index in [4.69, 9.17) is 4.42 Å². The number of benzene rings is 1. The first kappa shape index (κ1) is 18.5. The zero-order valence-corrected chi connectivity index (χ0v) is 16.5. The Bertz CT molecular complexity index is 944. The molecule has 4 rings (SSSR count). The van der Waals surface area contributed by atoms with E-state index in [-0.39, 0.29) is 28.4 Å².